The van der Waals surface area contributed by atoms with Crippen molar-refractivity contribution in [3.63, 3.8) is 0 Å². The Balaban J connectivity index is 2.09. The summed E-state index contributed by atoms with van der Waals surface area (Å²) in [4.78, 5) is 12.3. The van der Waals surface area contributed by atoms with E-state index in [0.29, 0.717) is 6.07 Å². The second kappa shape index (κ2) is 10.1. The minimum Gasteiger partial charge on any atom is -0.370 e. The molecule has 15 heteroatoms. The lowest BCUT2D eigenvalue weighted by atomic mass is 9.77. The van der Waals surface area contributed by atoms with E-state index in [1.165, 1.54) is 6.92 Å². The first-order valence-corrected chi connectivity index (χ1v) is 11.3. The van der Waals surface area contributed by atoms with E-state index in [1.54, 1.807) is 0 Å². The van der Waals surface area contributed by atoms with Gasteiger partial charge in [-0.05, 0) is 47.9 Å². The van der Waals surface area contributed by atoms with Crippen molar-refractivity contribution in [3.8, 4) is 0 Å². The van der Waals surface area contributed by atoms with Gasteiger partial charge in [0.05, 0.1) is 16.7 Å². The Bertz CT molecular complexity index is 1180. The summed E-state index contributed by atoms with van der Waals surface area (Å²) in [5.41, 5.74) is -10.4. The first-order chi connectivity index (χ1) is 17.7. The second-order valence-electron chi connectivity index (χ2n) is 9.02. The second-order valence-corrected chi connectivity index (χ2v) is 9.02. The van der Waals surface area contributed by atoms with Gasteiger partial charge in [-0.15, -0.1) is 0 Å². The SMILES string of the molecule is CCC(=O)NCc1ccc(N2CCC(c3cc(C(F)(F)F)cc(C(F)(F)F)c3)(C(F)(F)F)C2)cc1C(F)(F)F. The van der Waals surface area contributed by atoms with Crippen LogP contribution in [0.25, 0.3) is 0 Å². The van der Waals surface area contributed by atoms with Crippen molar-refractivity contribution >= 4 is 11.6 Å². The van der Waals surface area contributed by atoms with E-state index in [1.807, 2.05) is 0 Å². The molecule has 1 atom stereocenters. The molecule has 216 valence electrons. The number of benzene rings is 2. The minimum atomic E-state index is -5.40. The summed E-state index contributed by atoms with van der Waals surface area (Å²) in [6.07, 6.45) is -22.2. The maximum atomic E-state index is 14.4. The third-order valence-electron chi connectivity index (χ3n) is 6.51. The highest BCUT2D eigenvalue weighted by Gasteiger charge is 2.60. The molecule has 2 aromatic carbocycles. The topological polar surface area (TPSA) is 32.3 Å². The number of alkyl halides is 12. The Hall–Kier alpha value is -3.13. The Morgan fingerprint density at radius 1 is 0.846 bits per heavy atom. The average molecular weight is 580 g/mol. The molecule has 1 heterocycles. The number of rotatable bonds is 5. The number of carbonyl (C=O) groups excluding carboxylic acids is 1. The average Bonchev–Trinajstić information content (AvgIpc) is 3.27. The molecule has 1 amide bonds. The van der Waals surface area contributed by atoms with E-state index < -0.39 is 84.3 Å². The highest BCUT2D eigenvalue weighted by Crippen LogP contribution is 2.51. The molecule has 39 heavy (non-hydrogen) atoms. The summed E-state index contributed by atoms with van der Waals surface area (Å²) in [5.74, 6) is -0.555. The lowest BCUT2D eigenvalue weighted by Gasteiger charge is -2.34. The van der Waals surface area contributed by atoms with Crippen molar-refractivity contribution < 1.29 is 57.5 Å². The van der Waals surface area contributed by atoms with Crippen LogP contribution in [-0.4, -0.2) is 25.2 Å². The molecule has 1 aliphatic heterocycles. The molecule has 1 aliphatic rings. The summed E-state index contributed by atoms with van der Waals surface area (Å²) in [6, 6.07) is 2.20. The molecule has 0 bridgehead atoms. The van der Waals surface area contributed by atoms with Crippen LogP contribution in [0.5, 0.6) is 0 Å². The van der Waals surface area contributed by atoms with Gasteiger partial charge in [0.1, 0.15) is 5.41 Å². The van der Waals surface area contributed by atoms with Crippen molar-refractivity contribution in [2.45, 2.75) is 56.4 Å². The number of amides is 1. The van der Waals surface area contributed by atoms with E-state index in [-0.39, 0.29) is 35.9 Å². The highest BCUT2D eigenvalue weighted by atomic mass is 19.4. The predicted octanol–water partition coefficient (Wildman–Crippen LogP) is 7.48. The lowest BCUT2D eigenvalue weighted by Crippen LogP contribution is -2.45. The number of nitrogens with zero attached hydrogens (tertiary/aromatic N) is 1. The molecule has 3 rings (SSSR count). The van der Waals surface area contributed by atoms with Crippen LogP contribution < -0.4 is 10.2 Å². The van der Waals surface area contributed by atoms with E-state index in [0.717, 1.165) is 17.0 Å². The van der Waals surface area contributed by atoms with Crippen LogP contribution in [0.15, 0.2) is 36.4 Å². The summed E-state index contributed by atoms with van der Waals surface area (Å²) < 4.78 is 164. The maximum Gasteiger partial charge on any atom is 0.416 e. The first kappa shape index (κ1) is 30.4. The van der Waals surface area contributed by atoms with Crippen LogP contribution in [-0.2, 0) is 35.3 Å². The molecule has 1 N–H and O–H groups in total. The van der Waals surface area contributed by atoms with Gasteiger partial charge in [-0.2, -0.15) is 52.7 Å². The van der Waals surface area contributed by atoms with Crippen molar-refractivity contribution in [2.75, 3.05) is 18.0 Å². The Morgan fingerprint density at radius 2 is 1.41 bits per heavy atom. The van der Waals surface area contributed by atoms with Gasteiger partial charge in [0.2, 0.25) is 5.91 Å². The van der Waals surface area contributed by atoms with E-state index in [4.69, 9.17) is 0 Å². The molecular formula is C24H20F12N2O. The van der Waals surface area contributed by atoms with Crippen molar-refractivity contribution in [3.05, 3.63) is 64.2 Å². The standard InChI is InChI=1S/C24H20F12N2O/c1-2-19(39)37-11-13-3-4-17(10-18(13)23(31,32)33)38-6-5-20(12-38,24(34,35)36)14-7-15(21(25,26)27)9-16(8-14)22(28,29)30/h3-4,7-10H,2,5-6,11-12H2,1H3,(H,37,39). The van der Waals surface area contributed by atoms with Gasteiger partial charge >= 0.3 is 24.7 Å². The smallest absolute Gasteiger partial charge is 0.370 e. The fraction of sp³-hybridized carbons (Fsp3) is 0.458. The number of hydrogen-bond donors (Lipinski definition) is 1. The van der Waals surface area contributed by atoms with Crippen LogP contribution in [0.2, 0.25) is 0 Å². The molecule has 1 fully saturated rings. The largest absolute Gasteiger partial charge is 0.416 e. The summed E-state index contributed by atoms with van der Waals surface area (Å²) in [5, 5.41) is 2.25. The predicted molar refractivity (Wildman–Crippen MR) is 115 cm³/mol. The quantitative estimate of drug-likeness (QED) is 0.372. The number of hydrogen-bond acceptors (Lipinski definition) is 2. The Morgan fingerprint density at radius 3 is 1.87 bits per heavy atom. The molecule has 0 radical (unpaired) electrons. The summed E-state index contributed by atoms with van der Waals surface area (Å²) in [6.45, 7) is -0.900. The Kier molecular flexibility index (Phi) is 7.89. The molecule has 0 aromatic heterocycles. The number of halogens is 12. The van der Waals surface area contributed by atoms with Gasteiger partial charge in [0.25, 0.3) is 0 Å². The first-order valence-electron chi connectivity index (χ1n) is 11.3. The third-order valence-corrected chi connectivity index (χ3v) is 6.51. The molecule has 1 unspecified atom stereocenters. The van der Waals surface area contributed by atoms with Crippen LogP contribution in [0, 0.1) is 0 Å². The monoisotopic (exact) mass is 580 g/mol. The third kappa shape index (κ3) is 6.38. The summed E-state index contributed by atoms with van der Waals surface area (Å²) >= 11 is 0. The molecule has 0 aliphatic carbocycles. The van der Waals surface area contributed by atoms with Crippen molar-refractivity contribution in [1.82, 2.24) is 5.32 Å². The van der Waals surface area contributed by atoms with Crippen molar-refractivity contribution in [1.29, 1.82) is 0 Å². The molecule has 2 aromatic rings. The van der Waals surface area contributed by atoms with E-state index in [2.05, 4.69) is 5.32 Å². The summed E-state index contributed by atoms with van der Waals surface area (Å²) in [7, 11) is 0. The zero-order chi connectivity index (χ0) is 29.6. The Labute approximate surface area is 213 Å². The molecule has 0 saturated carbocycles. The number of carbonyl (C=O) groups is 1. The zero-order valence-electron chi connectivity index (χ0n) is 19.9. The normalized spacial score (nSPS) is 18.9. The van der Waals surface area contributed by atoms with Gasteiger partial charge < -0.3 is 10.2 Å². The van der Waals surface area contributed by atoms with Crippen molar-refractivity contribution in [2.24, 2.45) is 0 Å². The van der Waals surface area contributed by atoms with Crippen LogP contribution in [0.3, 0.4) is 0 Å². The van der Waals surface area contributed by atoms with Gasteiger partial charge in [0.15, 0.2) is 0 Å². The van der Waals surface area contributed by atoms with Gasteiger partial charge in [-0.3, -0.25) is 4.79 Å². The number of anilines is 1. The fourth-order valence-corrected chi connectivity index (χ4v) is 4.39. The highest BCUT2D eigenvalue weighted by molar-refractivity contribution is 5.75. The number of nitrogens with one attached hydrogen (secondary N) is 1. The molecular weight excluding hydrogens is 560 g/mol. The van der Waals surface area contributed by atoms with Gasteiger partial charge in [0, 0.05) is 31.7 Å². The van der Waals surface area contributed by atoms with E-state index >= 15 is 0 Å². The molecule has 1 saturated heterocycles. The fourth-order valence-electron chi connectivity index (χ4n) is 4.39. The zero-order valence-corrected chi connectivity index (χ0v) is 19.9. The molecule has 3 nitrogen and oxygen atoms in total. The molecule has 0 spiro atoms. The van der Waals surface area contributed by atoms with Gasteiger partial charge in [-0.1, -0.05) is 13.0 Å². The van der Waals surface area contributed by atoms with Crippen LogP contribution >= 0.6 is 0 Å². The van der Waals surface area contributed by atoms with E-state index in [9.17, 15) is 57.5 Å². The van der Waals surface area contributed by atoms with Gasteiger partial charge in [-0.25, -0.2) is 0 Å². The minimum absolute atomic E-state index is 0.00706. The lowest BCUT2D eigenvalue weighted by molar-refractivity contribution is -0.185. The maximum absolute atomic E-state index is 14.4. The van der Waals surface area contributed by atoms with Crippen LogP contribution in [0.4, 0.5) is 58.4 Å². The van der Waals surface area contributed by atoms with Crippen LogP contribution in [0.1, 0.15) is 47.6 Å².